The van der Waals surface area contributed by atoms with E-state index in [2.05, 4.69) is 13.8 Å². The Hall–Kier alpha value is 0.540. The van der Waals surface area contributed by atoms with Crippen LogP contribution in [-0.4, -0.2) is 17.2 Å². The molecule has 11 heavy (non-hydrogen) atoms. The Morgan fingerprint density at radius 2 is 1.09 bits per heavy atom. The lowest BCUT2D eigenvalue weighted by molar-refractivity contribution is 0.824. The van der Waals surface area contributed by atoms with Crippen molar-refractivity contribution in [1.82, 2.24) is 0 Å². The number of alkyl halides is 2. The van der Waals surface area contributed by atoms with Gasteiger partial charge in [0.2, 0.25) is 0 Å². The summed E-state index contributed by atoms with van der Waals surface area (Å²) in [5, 5.41) is 0. The van der Waals surface area contributed by atoms with Crippen LogP contribution in [0.3, 0.4) is 0 Å². The Morgan fingerprint density at radius 3 is 1.09 bits per heavy atom. The summed E-state index contributed by atoms with van der Waals surface area (Å²) in [4.78, 5) is 0. The minimum atomic E-state index is 0. The minimum absolute atomic E-state index is 0. The molecule has 0 saturated heterocycles. The van der Waals surface area contributed by atoms with Crippen molar-refractivity contribution in [3.05, 3.63) is 0 Å². The zero-order valence-corrected chi connectivity index (χ0v) is 9.01. The van der Waals surface area contributed by atoms with E-state index in [9.17, 15) is 0 Å². The second kappa shape index (κ2) is 22.4. The zero-order valence-electron chi connectivity index (χ0n) is 7.50. The van der Waals surface area contributed by atoms with E-state index in [1.807, 2.05) is 0 Å². The zero-order chi connectivity index (χ0) is 8.24. The monoisotopic (exact) mass is 202 g/mol. The topological polar surface area (TPSA) is 31.5 Å². The van der Waals surface area contributed by atoms with Crippen molar-refractivity contribution in [2.75, 3.05) is 11.8 Å². The molecule has 0 unspecified atom stereocenters. The molecule has 0 bridgehead atoms. The van der Waals surface area contributed by atoms with Gasteiger partial charge in [-0.15, -0.1) is 23.2 Å². The van der Waals surface area contributed by atoms with Crippen LogP contribution in [0.15, 0.2) is 0 Å². The van der Waals surface area contributed by atoms with Crippen LogP contribution >= 0.6 is 23.2 Å². The third-order valence-corrected chi connectivity index (χ3v) is 1.51. The van der Waals surface area contributed by atoms with E-state index < -0.39 is 0 Å². The largest absolute Gasteiger partial charge is 0.412 e. The molecule has 3 heteroatoms. The second-order valence-electron chi connectivity index (χ2n) is 2.09. The van der Waals surface area contributed by atoms with E-state index in [-0.39, 0.29) is 5.48 Å². The first kappa shape index (κ1) is 17.6. The Kier molecular flexibility index (Phi) is 35.8. The van der Waals surface area contributed by atoms with E-state index in [0.29, 0.717) is 0 Å². The predicted molar refractivity (Wildman–Crippen MR) is 54.9 cm³/mol. The Balaban J connectivity index is -0.000000107. The molecule has 0 saturated carbocycles. The quantitative estimate of drug-likeness (QED) is 0.628. The number of halogens is 2. The smallest absolute Gasteiger partial charge is 0.0223 e. The third kappa shape index (κ3) is 37.3. The van der Waals surface area contributed by atoms with Crippen molar-refractivity contribution in [2.45, 2.75) is 39.5 Å². The van der Waals surface area contributed by atoms with Crippen LogP contribution in [0.2, 0.25) is 0 Å². The molecule has 0 aromatic rings. The van der Waals surface area contributed by atoms with E-state index >= 15 is 0 Å². The fourth-order valence-electron chi connectivity index (χ4n) is 0.267. The second-order valence-corrected chi connectivity index (χ2v) is 2.84. The summed E-state index contributed by atoms with van der Waals surface area (Å²) in [5.74, 6) is 1.63. The molecule has 0 radical (unpaired) electrons. The first-order chi connectivity index (χ1) is 4.83. The number of rotatable bonds is 4. The highest BCUT2D eigenvalue weighted by atomic mass is 35.5. The number of hydrogen-bond acceptors (Lipinski definition) is 0. The summed E-state index contributed by atoms with van der Waals surface area (Å²) in [7, 11) is 0. The lowest BCUT2D eigenvalue weighted by Crippen LogP contribution is -1.65. The van der Waals surface area contributed by atoms with Gasteiger partial charge in [-0.2, -0.15) is 0 Å². The van der Waals surface area contributed by atoms with Crippen molar-refractivity contribution in [2.24, 2.45) is 0 Å². The fourth-order valence-corrected chi connectivity index (χ4v) is 0.802. The van der Waals surface area contributed by atoms with E-state index in [1.165, 1.54) is 12.8 Å². The normalized spacial score (nSPS) is 7.64. The van der Waals surface area contributed by atoms with Gasteiger partial charge in [-0.05, 0) is 12.8 Å². The molecule has 0 fully saturated rings. The Bertz CT molecular complexity index is 33.1. The fraction of sp³-hybridized carbons (Fsp3) is 1.00. The van der Waals surface area contributed by atoms with Crippen LogP contribution in [-0.2, 0) is 0 Å². The maximum absolute atomic E-state index is 5.30. The standard InChI is InChI=1S/2C4H9Cl.H2O/c2*1-2-3-4-5;/h2*2-4H2,1H3;1H2. The molecule has 0 spiro atoms. The van der Waals surface area contributed by atoms with Crippen molar-refractivity contribution < 1.29 is 5.48 Å². The van der Waals surface area contributed by atoms with Crippen LogP contribution in [0.1, 0.15) is 39.5 Å². The van der Waals surface area contributed by atoms with Crippen molar-refractivity contribution in [3.63, 3.8) is 0 Å². The molecule has 1 nitrogen and oxygen atoms in total. The van der Waals surface area contributed by atoms with Gasteiger partial charge in [0.1, 0.15) is 0 Å². The lowest BCUT2D eigenvalue weighted by Gasteiger charge is -1.77. The van der Waals surface area contributed by atoms with Crippen LogP contribution in [0.5, 0.6) is 0 Å². The van der Waals surface area contributed by atoms with E-state index in [4.69, 9.17) is 23.2 Å². The summed E-state index contributed by atoms with van der Waals surface area (Å²) in [6.45, 7) is 4.25. The van der Waals surface area contributed by atoms with Gasteiger partial charge in [-0.3, -0.25) is 0 Å². The van der Waals surface area contributed by atoms with Gasteiger partial charge in [0.05, 0.1) is 0 Å². The molecular formula is C8H20Cl2O. The van der Waals surface area contributed by atoms with E-state index in [1.54, 1.807) is 0 Å². The van der Waals surface area contributed by atoms with Gasteiger partial charge in [0.15, 0.2) is 0 Å². The summed E-state index contributed by atoms with van der Waals surface area (Å²) in [5.41, 5.74) is 0. The molecule has 0 atom stereocenters. The molecule has 2 N–H and O–H groups in total. The molecule has 0 aromatic heterocycles. The SMILES string of the molecule is CCCCCl.CCCCCl.O. The van der Waals surface area contributed by atoms with Gasteiger partial charge < -0.3 is 5.48 Å². The molecule has 0 aliphatic carbocycles. The highest BCUT2D eigenvalue weighted by Crippen LogP contribution is 1.86. The summed E-state index contributed by atoms with van der Waals surface area (Å²) in [6, 6.07) is 0. The Labute approximate surface area is 80.4 Å². The van der Waals surface area contributed by atoms with E-state index in [0.717, 1.165) is 24.6 Å². The average molecular weight is 203 g/mol. The predicted octanol–water partition coefficient (Wildman–Crippen LogP) is 3.23. The van der Waals surface area contributed by atoms with Gasteiger partial charge in [0, 0.05) is 11.8 Å². The van der Waals surface area contributed by atoms with Crippen LogP contribution in [0.25, 0.3) is 0 Å². The summed E-state index contributed by atoms with van der Waals surface area (Å²) in [6.07, 6.45) is 4.73. The van der Waals surface area contributed by atoms with Crippen molar-refractivity contribution in [1.29, 1.82) is 0 Å². The highest BCUT2D eigenvalue weighted by Gasteiger charge is 1.70. The molecule has 0 aromatic carbocycles. The van der Waals surface area contributed by atoms with Gasteiger partial charge in [-0.25, -0.2) is 0 Å². The molecule has 0 rings (SSSR count). The first-order valence-corrected chi connectivity index (χ1v) is 5.02. The first-order valence-electron chi connectivity index (χ1n) is 3.95. The maximum atomic E-state index is 5.30. The summed E-state index contributed by atoms with van der Waals surface area (Å²) >= 11 is 10.6. The van der Waals surface area contributed by atoms with Crippen LogP contribution in [0, 0.1) is 0 Å². The lowest BCUT2D eigenvalue weighted by atomic mass is 10.4. The molecule has 0 amide bonds. The Morgan fingerprint density at radius 1 is 0.818 bits per heavy atom. The highest BCUT2D eigenvalue weighted by molar-refractivity contribution is 6.18. The van der Waals surface area contributed by atoms with Crippen LogP contribution in [0.4, 0.5) is 0 Å². The average Bonchev–Trinajstić information content (AvgIpc) is 1.93. The van der Waals surface area contributed by atoms with Gasteiger partial charge in [0.25, 0.3) is 0 Å². The summed E-state index contributed by atoms with van der Waals surface area (Å²) < 4.78 is 0. The van der Waals surface area contributed by atoms with Gasteiger partial charge >= 0.3 is 0 Å². The molecule has 72 valence electrons. The number of unbranched alkanes of at least 4 members (excludes halogenated alkanes) is 2. The van der Waals surface area contributed by atoms with Gasteiger partial charge in [-0.1, -0.05) is 26.7 Å². The third-order valence-electron chi connectivity index (χ3n) is 0.974. The molecular weight excluding hydrogens is 183 g/mol. The maximum Gasteiger partial charge on any atom is 0.0223 e. The van der Waals surface area contributed by atoms with Crippen molar-refractivity contribution in [3.8, 4) is 0 Å². The molecule has 0 aliphatic rings. The number of hydrogen-bond donors (Lipinski definition) is 0. The molecule has 0 heterocycles. The molecule has 0 aliphatic heterocycles. The minimum Gasteiger partial charge on any atom is -0.412 e. The van der Waals surface area contributed by atoms with Crippen molar-refractivity contribution >= 4 is 23.2 Å². The van der Waals surface area contributed by atoms with Crippen LogP contribution < -0.4 is 0 Å².